The van der Waals surface area contributed by atoms with Gasteiger partial charge in [0.2, 0.25) is 0 Å². The van der Waals surface area contributed by atoms with Crippen molar-refractivity contribution in [1.82, 2.24) is 5.32 Å². The molecule has 1 saturated heterocycles. The second-order valence-corrected chi connectivity index (χ2v) is 5.11. The molecule has 1 fully saturated rings. The Balaban J connectivity index is 2.42. The average molecular weight is 230 g/mol. The van der Waals surface area contributed by atoms with E-state index in [-0.39, 0.29) is 12.1 Å². The average Bonchev–Trinajstić information content (AvgIpc) is 2.29. The second-order valence-electron chi connectivity index (χ2n) is 5.11. The molecule has 2 atom stereocenters. The zero-order valence-corrected chi connectivity index (χ0v) is 10.3. The molecule has 0 bridgehead atoms. The number of carbonyl (C=O) groups is 1. The van der Waals surface area contributed by atoms with Crippen molar-refractivity contribution < 1.29 is 14.3 Å². The molecule has 94 valence electrons. The third-order valence-electron chi connectivity index (χ3n) is 2.39. The first-order chi connectivity index (χ1) is 7.38. The number of ether oxygens (including phenoxy) is 2. The summed E-state index contributed by atoms with van der Waals surface area (Å²) in [7, 11) is 0. The zero-order valence-electron chi connectivity index (χ0n) is 10.3. The van der Waals surface area contributed by atoms with Crippen molar-refractivity contribution in [1.29, 1.82) is 0 Å². The fraction of sp³-hybridized carbons (Fsp3) is 0.909. The third kappa shape index (κ3) is 4.81. The molecule has 1 aliphatic heterocycles. The molecule has 0 spiro atoms. The lowest BCUT2D eigenvalue weighted by atomic mass is 10.0. The van der Waals surface area contributed by atoms with Crippen molar-refractivity contribution >= 4 is 6.09 Å². The molecule has 3 N–H and O–H groups in total. The van der Waals surface area contributed by atoms with Crippen molar-refractivity contribution in [3.8, 4) is 0 Å². The van der Waals surface area contributed by atoms with E-state index < -0.39 is 11.7 Å². The number of carbonyl (C=O) groups excluding carboxylic acids is 1. The highest BCUT2D eigenvalue weighted by molar-refractivity contribution is 5.68. The Morgan fingerprint density at radius 2 is 2.00 bits per heavy atom. The summed E-state index contributed by atoms with van der Waals surface area (Å²) in [6, 6.07) is -0.118. The van der Waals surface area contributed by atoms with Crippen LogP contribution >= 0.6 is 0 Å². The molecule has 5 nitrogen and oxygen atoms in total. The number of nitrogens with one attached hydrogen (secondary N) is 1. The molecular weight excluding hydrogens is 208 g/mol. The van der Waals surface area contributed by atoms with E-state index in [1.807, 2.05) is 20.8 Å². The van der Waals surface area contributed by atoms with Gasteiger partial charge in [-0.1, -0.05) is 0 Å². The molecule has 0 aromatic carbocycles. The fourth-order valence-electron chi connectivity index (χ4n) is 1.59. The van der Waals surface area contributed by atoms with E-state index in [2.05, 4.69) is 5.32 Å². The standard InChI is InChI=1S/C11H22N2O3/c1-11(2,3)16-10(14)13-9-5-7-15-6-4-8(9)12/h8-9H,4-7,12H2,1-3H3,(H,13,14). The van der Waals surface area contributed by atoms with Gasteiger partial charge in [0, 0.05) is 25.3 Å². The largest absolute Gasteiger partial charge is 0.444 e. The van der Waals surface area contributed by atoms with E-state index >= 15 is 0 Å². The Morgan fingerprint density at radius 3 is 2.62 bits per heavy atom. The predicted molar refractivity (Wildman–Crippen MR) is 61.2 cm³/mol. The summed E-state index contributed by atoms with van der Waals surface area (Å²) >= 11 is 0. The van der Waals surface area contributed by atoms with Crippen LogP contribution in [0.3, 0.4) is 0 Å². The van der Waals surface area contributed by atoms with Gasteiger partial charge in [0.25, 0.3) is 0 Å². The number of hydrogen-bond donors (Lipinski definition) is 2. The van der Waals surface area contributed by atoms with Gasteiger partial charge in [0.15, 0.2) is 0 Å². The van der Waals surface area contributed by atoms with Crippen molar-refractivity contribution in [3.05, 3.63) is 0 Å². The first kappa shape index (κ1) is 13.3. The van der Waals surface area contributed by atoms with Gasteiger partial charge >= 0.3 is 6.09 Å². The molecule has 5 heteroatoms. The molecule has 2 unspecified atom stereocenters. The SMILES string of the molecule is CC(C)(C)OC(=O)NC1CCOCCC1N. The highest BCUT2D eigenvalue weighted by atomic mass is 16.6. The Labute approximate surface area is 96.7 Å². The topological polar surface area (TPSA) is 73.6 Å². The number of nitrogens with two attached hydrogens (primary N) is 1. The van der Waals surface area contributed by atoms with E-state index in [9.17, 15) is 4.79 Å². The summed E-state index contributed by atoms with van der Waals surface area (Å²) in [5.74, 6) is 0. The Morgan fingerprint density at radius 1 is 1.38 bits per heavy atom. The Bertz CT molecular complexity index is 238. The number of amides is 1. The smallest absolute Gasteiger partial charge is 0.407 e. The van der Waals surface area contributed by atoms with Crippen molar-refractivity contribution in [3.63, 3.8) is 0 Å². The predicted octanol–water partition coefficient (Wildman–Crippen LogP) is 1.02. The van der Waals surface area contributed by atoms with E-state index in [0.717, 1.165) is 12.8 Å². The van der Waals surface area contributed by atoms with E-state index in [1.165, 1.54) is 0 Å². The van der Waals surface area contributed by atoms with Gasteiger partial charge in [-0.15, -0.1) is 0 Å². The molecule has 16 heavy (non-hydrogen) atoms. The Hall–Kier alpha value is -0.810. The van der Waals surface area contributed by atoms with Crippen LogP contribution in [0.2, 0.25) is 0 Å². The van der Waals surface area contributed by atoms with Crippen molar-refractivity contribution in [2.75, 3.05) is 13.2 Å². The van der Waals surface area contributed by atoms with Crippen LogP contribution in [0, 0.1) is 0 Å². The first-order valence-corrected chi connectivity index (χ1v) is 5.71. The van der Waals surface area contributed by atoms with Crippen LogP contribution in [0.4, 0.5) is 4.79 Å². The van der Waals surface area contributed by atoms with E-state index in [4.69, 9.17) is 15.2 Å². The van der Waals surface area contributed by atoms with Gasteiger partial charge in [0.05, 0.1) is 0 Å². The normalized spacial score (nSPS) is 27.0. The summed E-state index contributed by atoms with van der Waals surface area (Å²) in [4.78, 5) is 11.6. The van der Waals surface area contributed by atoms with E-state index in [1.54, 1.807) is 0 Å². The monoisotopic (exact) mass is 230 g/mol. The second kappa shape index (κ2) is 5.50. The van der Waals surface area contributed by atoms with Gasteiger partial charge < -0.3 is 20.5 Å². The van der Waals surface area contributed by atoms with Gasteiger partial charge in [0.1, 0.15) is 5.60 Å². The molecule has 0 saturated carbocycles. The zero-order chi connectivity index (χ0) is 12.2. The Kier molecular flexibility index (Phi) is 4.56. The van der Waals surface area contributed by atoms with E-state index in [0.29, 0.717) is 13.2 Å². The van der Waals surface area contributed by atoms with Gasteiger partial charge in [-0.2, -0.15) is 0 Å². The fourth-order valence-corrected chi connectivity index (χ4v) is 1.59. The molecule has 0 aromatic rings. The molecule has 1 rings (SSSR count). The van der Waals surface area contributed by atoms with Crippen molar-refractivity contribution in [2.45, 2.75) is 51.3 Å². The van der Waals surface area contributed by atoms with Gasteiger partial charge in [-0.05, 0) is 33.6 Å². The summed E-state index contributed by atoms with van der Waals surface area (Å²) in [5, 5.41) is 2.80. The minimum atomic E-state index is -0.477. The van der Waals surface area contributed by atoms with Crippen LogP contribution in [-0.2, 0) is 9.47 Å². The quantitative estimate of drug-likeness (QED) is 0.705. The minimum absolute atomic E-state index is 0.0580. The van der Waals surface area contributed by atoms with Crippen LogP contribution in [0.25, 0.3) is 0 Å². The summed E-state index contributed by atoms with van der Waals surface area (Å²) < 4.78 is 10.5. The molecular formula is C11H22N2O3. The maximum absolute atomic E-state index is 11.6. The first-order valence-electron chi connectivity index (χ1n) is 5.71. The molecule has 1 amide bonds. The number of rotatable bonds is 1. The number of alkyl carbamates (subject to hydrolysis) is 1. The lowest BCUT2D eigenvalue weighted by Crippen LogP contribution is -2.48. The van der Waals surface area contributed by atoms with Crippen LogP contribution < -0.4 is 11.1 Å². The van der Waals surface area contributed by atoms with Crippen LogP contribution in [0.15, 0.2) is 0 Å². The lowest BCUT2D eigenvalue weighted by molar-refractivity contribution is 0.0492. The highest BCUT2D eigenvalue weighted by Gasteiger charge is 2.24. The summed E-state index contributed by atoms with van der Waals surface area (Å²) in [6.07, 6.45) is 1.09. The van der Waals surface area contributed by atoms with Crippen LogP contribution in [0.5, 0.6) is 0 Å². The van der Waals surface area contributed by atoms with Crippen LogP contribution in [0.1, 0.15) is 33.6 Å². The molecule has 0 radical (unpaired) electrons. The maximum atomic E-state index is 11.6. The third-order valence-corrected chi connectivity index (χ3v) is 2.39. The molecule has 0 aromatic heterocycles. The molecule has 1 aliphatic rings. The molecule has 1 heterocycles. The van der Waals surface area contributed by atoms with Gasteiger partial charge in [-0.3, -0.25) is 0 Å². The van der Waals surface area contributed by atoms with Crippen LogP contribution in [-0.4, -0.2) is 37.0 Å². The summed E-state index contributed by atoms with van der Waals surface area (Å²) in [6.45, 7) is 6.80. The lowest BCUT2D eigenvalue weighted by Gasteiger charge is -2.25. The molecule has 0 aliphatic carbocycles. The number of hydrogen-bond acceptors (Lipinski definition) is 4. The van der Waals surface area contributed by atoms with Gasteiger partial charge in [-0.25, -0.2) is 4.79 Å². The van der Waals surface area contributed by atoms with Crippen molar-refractivity contribution in [2.24, 2.45) is 5.73 Å². The highest BCUT2D eigenvalue weighted by Crippen LogP contribution is 2.10. The summed E-state index contributed by atoms with van der Waals surface area (Å²) in [5.41, 5.74) is 5.46. The maximum Gasteiger partial charge on any atom is 0.407 e. The minimum Gasteiger partial charge on any atom is -0.444 e.